The van der Waals surface area contributed by atoms with E-state index >= 15 is 0 Å². The molecule has 2 aromatic rings. The lowest BCUT2D eigenvalue weighted by atomic mass is 10.3. The molecular weight excluding hydrogens is 242 g/mol. The van der Waals surface area contributed by atoms with Crippen molar-refractivity contribution in [1.82, 2.24) is 15.3 Å². The van der Waals surface area contributed by atoms with Crippen LogP contribution in [0.4, 0.5) is 0 Å². The van der Waals surface area contributed by atoms with Gasteiger partial charge in [-0.25, -0.2) is 4.98 Å². The summed E-state index contributed by atoms with van der Waals surface area (Å²) in [4.78, 5) is 7.65. The minimum atomic E-state index is 0.712. The summed E-state index contributed by atoms with van der Waals surface area (Å²) in [5.74, 6) is 0.990. The van der Waals surface area contributed by atoms with Gasteiger partial charge in [0, 0.05) is 17.0 Å². The summed E-state index contributed by atoms with van der Waals surface area (Å²) in [6.45, 7) is 0.822. The molecule has 0 amide bonds. The van der Waals surface area contributed by atoms with Crippen molar-refractivity contribution >= 4 is 22.9 Å². The third-order valence-corrected chi connectivity index (χ3v) is 3.73. The Kier molecular flexibility index (Phi) is 2.71. The number of aromatic nitrogens is 2. The fraction of sp³-hybridized carbons (Fsp3) is 0.364. The molecule has 3 nitrogen and oxygen atoms in total. The number of nitrogens with zero attached hydrogens (tertiary/aromatic N) is 1. The van der Waals surface area contributed by atoms with Crippen LogP contribution in [0.2, 0.25) is 4.34 Å². The van der Waals surface area contributed by atoms with E-state index in [2.05, 4.69) is 15.3 Å². The number of hydrogen-bond acceptors (Lipinski definition) is 3. The van der Waals surface area contributed by atoms with E-state index in [1.807, 2.05) is 17.6 Å². The topological polar surface area (TPSA) is 40.7 Å². The molecule has 1 aliphatic carbocycles. The predicted octanol–water partition coefficient (Wildman–Crippen LogP) is 3.04. The van der Waals surface area contributed by atoms with Crippen molar-refractivity contribution < 1.29 is 0 Å². The summed E-state index contributed by atoms with van der Waals surface area (Å²) in [5.41, 5.74) is 2.15. The second-order valence-electron chi connectivity index (χ2n) is 4.04. The van der Waals surface area contributed by atoms with Crippen molar-refractivity contribution in [3.8, 4) is 11.3 Å². The molecular formula is C11H12ClN3S. The Morgan fingerprint density at radius 3 is 3.12 bits per heavy atom. The molecule has 1 saturated carbocycles. The van der Waals surface area contributed by atoms with Gasteiger partial charge in [0.1, 0.15) is 5.82 Å². The molecule has 3 rings (SSSR count). The molecule has 0 unspecified atom stereocenters. The monoisotopic (exact) mass is 253 g/mol. The smallest absolute Gasteiger partial charge is 0.120 e. The Labute approximate surface area is 103 Å². The van der Waals surface area contributed by atoms with Gasteiger partial charge in [0.15, 0.2) is 0 Å². The van der Waals surface area contributed by atoms with Gasteiger partial charge >= 0.3 is 0 Å². The molecule has 2 N–H and O–H groups in total. The number of nitrogens with one attached hydrogen (secondary N) is 2. The van der Waals surface area contributed by atoms with Crippen LogP contribution in [0.25, 0.3) is 11.3 Å². The second kappa shape index (κ2) is 4.20. The number of imidazole rings is 1. The Morgan fingerprint density at radius 1 is 1.56 bits per heavy atom. The first-order valence-electron chi connectivity index (χ1n) is 5.33. The molecule has 0 spiro atoms. The van der Waals surface area contributed by atoms with E-state index < -0.39 is 0 Å². The van der Waals surface area contributed by atoms with Crippen LogP contribution in [-0.2, 0) is 6.54 Å². The third kappa shape index (κ3) is 2.29. The molecule has 84 valence electrons. The minimum Gasteiger partial charge on any atom is -0.341 e. The van der Waals surface area contributed by atoms with Gasteiger partial charge in [0.05, 0.1) is 22.8 Å². The lowest BCUT2D eigenvalue weighted by Crippen LogP contribution is -2.16. The summed E-state index contributed by atoms with van der Waals surface area (Å²) >= 11 is 7.44. The highest BCUT2D eigenvalue weighted by Crippen LogP contribution is 2.27. The van der Waals surface area contributed by atoms with Gasteiger partial charge in [0.2, 0.25) is 0 Å². The molecule has 0 aliphatic heterocycles. The van der Waals surface area contributed by atoms with Gasteiger partial charge in [-0.15, -0.1) is 11.3 Å². The highest BCUT2D eigenvalue weighted by molar-refractivity contribution is 7.14. The van der Waals surface area contributed by atoms with Crippen molar-refractivity contribution in [3.05, 3.63) is 27.8 Å². The summed E-state index contributed by atoms with van der Waals surface area (Å²) in [6.07, 6.45) is 4.46. The van der Waals surface area contributed by atoms with E-state index in [9.17, 15) is 0 Å². The minimum absolute atomic E-state index is 0.712. The number of halogens is 1. The van der Waals surface area contributed by atoms with E-state index in [1.54, 1.807) is 0 Å². The first kappa shape index (κ1) is 10.3. The van der Waals surface area contributed by atoms with Gasteiger partial charge in [-0.2, -0.15) is 0 Å². The number of rotatable bonds is 4. The first-order chi connectivity index (χ1) is 7.81. The quantitative estimate of drug-likeness (QED) is 0.879. The Balaban J connectivity index is 1.71. The molecule has 0 saturated heterocycles. The molecule has 0 atom stereocenters. The van der Waals surface area contributed by atoms with Gasteiger partial charge in [-0.3, -0.25) is 0 Å². The fourth-order valence-corrected chi connectivity index (χ4v) is 2.46. The molecule has 0 radical (unpaired) electrons. The van der Waals surface area contributed by atoms with E-state index in [0.29, 0.717) is 6.04 Å². The summed E-state index contributed by atoms with van der Waals surface area (Å²) in [6, 6.07) is 2.67. The van der Waals surface area contributed by atoms with Gasteiger partial charge in [0.25, 0.3) is 0 Å². The molecule has 2 aromatic heterocycles. The van der Waals surface area contributed by atoms with Crippen LogP contribution in [0.1, 0.15) is 18.7 Å². The molecule has 1 aliphatic rings. The molecule has 2 heterocycles. The molecule has 0 aromatic carbocycles. The third-order valence-electron chi connectivity index (χ3n) is 2.64. The van der Waals surface area contributed by atoms with Crippen LogP contribution in [0.5, 0.6) is 0 Å². The molecule has 5 heteroatoms. The van der Waals surface area contributed by atoms with Crippen molar-refractivity contribution in [2.45, 2.75) is 25.4 Å². The van der Waals surface area contributed by atoms with Crippen molar-refractivity contribution in [3.63, 3.8) is 0 Å². The predicted molar refractivity (Wildman–Crippen MR) is 66.8 cm³/mol. The van der Waals surface area contributed by atoms with Crippen molar-refractivity contribution in [1.29, 1.82) is 0 Å². The Hall–Kier alpha value is -0.840. The number of thiophene rings is 1. The van der Waals surface area contributed by atoms with E-state index in [0.717, 1.165) is 28.0 Å². The molecule has 0 bridgehead atoms. The van der Waals surface area contributed by atoms with Crippen LogP contribution in [0, 0.1) is 0 Å². The van der Waals surface area contributed by atoms with E-state index in [4.69, 9.17) is 11.6 Å². The van der Waals surface area contributed by atoms with Crippen LogP contribution < -0.4 is 5.32 Å². The summed E-state index contributed by atoms with van der Waals surface area (Å²) in [7, 11) is 0. The number of H-pyrrole nitrogens is 1. The SMILES string of the molecule is Clc1cc(-c2cnc(CNC3CC3)[nH]2)cs1. The Bertz CT molecular complexity index is 487. The van der Waals surface area contributed by atoms with Gasteiger partial charge in [-0.05, 0) is 18.9 Å². The van der Waals surface area contributed by atoms with Crippen LogP contribution in [-0.4, -0.2) is 16.0 Å². The van der Waals surface area contributed by atoms with Crippen molar-refractivity contribution in [2.24, 2.45) is 0 Å². The molecule has 16 heavy (non-hydrogen) atoms. The summed E-state index contributed by atoms with van der Waals surface area (Å²) < 4.78 is 0.808. The molecule has 1 fully saturated rings. The maximum atomic E-state index is 5.90. The maximum absolute atomic E-state index is 5.90. The fourth-order valence-electron chi connectivity index (χ4n) is 1.58. The van der Waals surface area contributed by atoms with Gasteiger partial charge in [-0.1, -0.05) is 11.6 Å². The zero-order chi connectivity index (χ0) is 11.0. The second-order valence-corrected chi connectivity index (χ2v) is 5.58. The Morgan fingerprint density at radius 2 is 2.44 bits per heavy atom. The first-order valence-corrected chi connectivity index (χ1v) is 6.59. The maximum Gasteiger partial charge on any atom is 0.120 e. The van der Waals surface area contributed by atoms with Crippen LogP contribution in [0.3, 0.4) is 0 Å². The number of hydrogen-bond donors (Lipinski definition) is 2. The van der Waals surface area contributed by atoms with E-state index in [-0.39, 0.29) is 0 Å². The highest BCUT2D eigenvalue weighted by Gasteiger charge is 2.20. The summed E-state index contributed by atoms with van der Waals surface area (Å²) in [5, 5.41) is 5.46. The standard InChI is InChI=1S/C11H12ClN3S/c12-10-3-7(6-16-10)9-4-14-11(15-9)5-13-8-1-2-8/h3-4,6,8,13H,1-2,5H2,(H,14,15). The highest BCUT2D eigenvalue weighted by atomic mass is 35.5. The van der Waals surface area contributed by atoms with E-state index in [1.165, 1.54) is 24.2 Å². The van der Waals surface area contributed by atoms with Gasteiger partial charge < -0.3 is 10.3 Å². The van der Waals surface area contributed by atoms with Crippen LogP contribution >= 0.6 is 22.9 Å². The lowest BCUT2D eigenvalue weighted by molar-refractivity contribution is 0.664. The normalized spacial score (nSPS) is 15.6. The van der Waals surface area contributed by atoms with Crippen molar-refractivity contribution in [2.75, 3.05) is 0 Å². The number of aromatic amines is 1. The zero-order valence-electron chi connectivity index (χ0n) is 8.66. The average Bonchev–Trinajstić information content (AvgIpc) is 2.81. The average molecular weight is 254 g/mol. The largest absolute Gasteiger partial charge is 0.341 e. The zero-order valence-corrected chi connectivity index (χ0v) is 10.2. The lowest BCUT2D eigenvalue weighted by Gasteiger charge is -1.97. The van der Waals surface area contributed by atoms with Crippen LogP contribution in [0.15, 0.2) is 17.6 Å².